The molecule has 156 valence electrons. The summed E-state index contributed by atoms with van der Waals surface area (Å²) >= 11 is 0. The molecule has 0 atom stereocenters. The van der Waals surface area contributed by atoms with Crippen molar-refractivity contribution in [2.75, 3.05) is 0 Å². The van der Waals surface area contributed by atoms with Gasteiger partial charge in [0.05, 0.1) is 0 Å². The van der Waals surface area contributed by atoms with E-state index in [4.69, 9.17) is 0 Å². The van der Waals surface area contributed by atoms with Crippen LogP contribution in [-0.2, 0) is 0 Å². The largest absolute Gasteiger partial charge is 0.0951 e. The van der Waals surface area contributed by atoms with E-state index in [2.05, 4.69) is 37.5 Å². The van der Waals surface area contributed by atoms with Crippen LogP contribution >= 0.6 is 0 Å². The molecule has 0 aromatic carbocycles. The van der Waals surface area contributed by atoms with E-state index < -0.39 is 0 Å². The Balaban J connectivity index is 1.58. The molecule has 0 bridgehead atoms. The van der Waals surface area contributed by atoms with Gasteiger partial charge in [-0.1, -0.05) is 88.9 Å². The molecule has 28 heavy (non-hydrogen) atoms. The zero-order valence-corrected chi connectivity index (χ0v) is 18.8. The lowest BCUT2D eigenvalue weighted by Crippen LogP contribution is -2.13. The van der Waals surface area contributed by atoms with Gasteiger partial charge in [0.15, 0.2) is 0 Å². The first-order valence-electron chi connectivity index (χ1n) is 12.5. The van der Waals surface area contributed by atoms with Crippen molar-refractivity contribution in [2.45, 2.75) is 117 Å². The van der Waals surface area contributed by atoms with Gasteiger partial charge in [0.1, 0.15) is 0 Å². The second-order valence-electron chi connectivity index (χ2n) is 9.34. The molecule has 0 amide bonds. The monoisotopic (exact) mass is 380 g/mol. The Labute approximate surface area is 176 Å². The van der Waals surface area contributed by atoms with Gasteiger partial charge < -0.3 is 0 Å². The molecule has 0 aromatic rings. The average molecular weight is 381 g/mol. The fourth-order valence-electron chi connectivity index (χ4n) is 4.97. The van der Waals surface area contributed by atoms with Crippen molar-refractivity contribution in [3.8, 4) is 23.7 Å². The second kappa shape index (κ2) is 14.8. The molecule has 0 nitrogen and oxygen atoms in total. The van der Waals surface area contributed by atoms with Crippen LogP contribution in [0.1, 0.15) is 117 Å². The van der Waals surface area contributed by atoms with Crippen molar-refractivity contribution >= 4 is 0 Å². The maximum Gasteiger partial charge on any atom is 0.0206 e. The summed E-state index contributed by atoms with van der Waals surface area (Å²) in [5, 5.41) is 0. The Bertz CT molecular complexity index is 480. The minimum atomic E-state index is 0.628. The molecule has 0 heterocycles. The van der Waals surface area contributed by atoms with E-state index in [-0.39, 0.29) is 0 Å². The average Bonchev–Trinajstić information content (AvgIpc) is 2.73. The summed E-state index contributed by atoms with van der Waals surface area (Å²) in [6.45, 7) is 4.59. The molecular formula is C28H44. The first kappa shape index (κ1) is 23.1. The van der Waals surface area contributed by atoms with Crippen LogP contribution in [0.4, 0.5) is 0 Å². The van der Waals surface area contributed by atoms with E-state index in [9.17, 15) is 0 Å². The summed E-state index contributed by atoms with van der Waals surface area (Å²) in [5.74, 6) is 16.7. The lowest BCUT2D eigenvalue weighted by atomic mass is 9.80. The van der Waals surface area contributed by atoms with E-state index in [1.807, 2.05) is 12.2 Å². The molecular weight excluding hydrogens is 336 g/mol. The van der Waals surface area contributed by atoms with Crippen LogP contribution in [0.2, 0.25) is 0 Å². The highest BCUT2D eigenvalue weighted by molar-refractivity contribution is 5.26. The number of allylic oxidation sites excluding steroid dienone is 2. The molecule has 0 aliphatic heterocycles. The Morgan fingerprint density at radius 2 is 0.964 bits per heavy atom. The van der Waals surface area contributed by atoms with Gasteiger partial charge in [-0.25, -0.2) is 0 Å². The minimum absolute atomic E-state index is 0.628. The number of unbranched alkanes of at least 4 members (excludes halogenated alkanes) is 4. The fourth-order valence-corrected chi connectivity index (χ4v) is 4.97. The van der Waals surface area contributed by atoms with E-state index in [1.165, 1.54) is 103 Å². The van der Waals surface area contributed by atoms with Gasteiger partial charge in [0.2, 0.25) is 0 Å². The van der Waals surface area contributed by atoms with Crippen molar-refractivity contribution in [2.24, 2.45) is 23.7 Å². The van der Waals surface area contributed by atoms with Gasteiger partial charge in [0.25, 0.3) is 0 Å². The molecule has 2 aliphatic carbocycles. The van der Waals surface area contributed by atoms with Gasteiger partial charge in [-0.2, -0.15) is 0 Å². The lowest BCUT2D eigenvalue weighted by molar-refractivity contribution is 0.294. The molecule has 0 heteroatoms. The number of hydrogen-bond donors (Lipinski definition) is 0. The fraction of sp³-hybridized carbons (Fsp3) is 0.786. The molecule has 2 aliphatic rings. The molecule has 0 N–H and O–H groups in total. The van der Waals surface area contributed by atoms with Crippen molar-refractivity contribution in [3.63, 3.8) is 0 Å². The van der Waals surface area contributed by atoms with Crippen molar-refractivity contribution in [1.82, 2.24) is 0 Å². The summed E-state index contributed by atoms with van der Waals surface area (Å²) in [6, 6.07) is 0. The van der Waals surface area contributed by atoms with Gasteiger partial charge in [-0.05, 0) is 75.4 Å². The highest BCUT2D eigenvalue weighted by atomic mass is 14.2. The van der Waals surface area contributed by atoms with Crippen molar-refractivity contribution < 1.29 is 0 Å². The summed E-state index contributed by atoms with van der Waals surface area (Å²) in [5.41, 5.74) is 0. The predicted octanol–water partition coefficient (Wildman–Crippen LogP) is 8.32. The van der Waals surface area contributed by atoms with Crippen LogP contribution in [0.5, 0.6) is 0 Å². The van der Waals surface area contributed by atoms with Crippen LogP contribution in [0.25, 0.3) is 0 Å². The molecule has 0 unspecified atom stereocenters. The normalized spacial score (nSPS) is 27.6. The molecule has 0 aromatic heterocycles. The first-order chi connectivity index (χ1) is 13.8. The number of hydrogen-bond acceptors (Lipinski definition) is 0. The maximum absolute atomic E-state index is 3.47. The third-order valence-corrected chi connectivity index (χ3v) is 6.95. The topological polar surface area (TPSA) is 0 Å². The Morgan fingerprint density at radius 3 is 1.32 bits per heavy atom. The van der Waals surface area contributed by atoms with Crippen LogP contribution in [-0.4, -0.2) is 0 Å². The summed E-state index contributed by atoms with van der Waals surface area (Å²) in [4.78, 5) is 0. The Morgan fingerprint density at radius 1 is 0.571 bits per heavy atom. The standard InChI is InChI=1S/C28H44/c1-3-5-9-13-25-17-21-27(22-18-25)15-11-7-8-12-16-28-23-19-26(20-24-28)14-10-6-4-2/h7-8,25-28H,3-6,9-10,13-14,17-24H2,1-2H3/b8-7+. The van der Waals surface area contributed by atoms with Gasteiger partial charge in [-0.15, -0.1) is 0 Å². The zero-order valence-electron chi connectivity index (χ0n) is 18.8. The zero-order chi connectivity index (χ0) is 19.9. The Hall–Kier alpha value is -1.14. The molecule has 2 rings (SSSR count). The summed E-state index contributed by atoms with van der Waals surface area (Å²) in [7, 11) is 0. The molecule has 0 spiro atoms. The molecule has 2 saturated carbocycles. The van der Waals surface area contributed by atoms with E-state index >= 15 is 0 Å². The summed E-state index contributed by atoms with van der Waals surface area (Å²) < 4.78 is 0. The molecule has 2 fully saturated rings. The molecule has 0 saturated heterocycles. The predicted molar refractivity (Wildman–Crippen MR) is 124 cm³/mol. The lowest BCUT2D eigenvalue weighted by Gasteiger charge is -2.25. The van der Waals surface area contributed by atoms with E-state index in [1.54, 1.807) is 0 Å². The van der Waals surface area contributed by atoms with E-state index in [0.717, 1.165) is 11.8 Å². The quantitative estimate of drug-likeness (QED) is 0.293. The maximum atomic E-state index is 3.47. The highest BCUT2D eigenvalue weighted by Gasteiger charge is 2.20. The van der Waals surface area contributed by atoms with Gasteiger partial charge >= 0.3 is 0 Å². The van der Waals surface area contributed by atoms with Crippen molar-refractivity contribution in [1.29, 1.82) is 0 Å². The Kier molecular flexibility index (Phi) is 12.2. The third-order valence-electron chi connectivity index (χ3n) is 6.95. The summed E-state index contributed by atoms with van der Waals surface area (Å²) in [6.07, 6.45) is 26.1. The van der Waals surface area contributed by atoms with Crippen LogP contribution in [0.15, 0.2) is 12.2 Å². The van der Waals surface area contributed by atoms with E-state index in [0.29, 0.717) is 11.8 Å². The second-order valence-corrected chi connectivity index (χ2v) is 9.34. The van der Waals surface area contributed by atoms with Gasteiger partial charge in [-0.3, -0.25) is 0 Å². The van der Waals surface area contributed by atoms with Gasteiger partial charge in [0, 0.05) is 11.8 Å². The van der Waals surface area contributed by atoms with Crippen LogP contribution < -0.4 is 0 Å². The SMILES string of the molecule is CCCCCC1CCC(C#C/C=C/C#CC2CCC(CCCCC)CC2)CC1. The van der Waals surface area contributed by atoms with Crippen molar-refractivity contribution in [3.05, 3.63) is 12.2 Å². The van der Waals surface area contributed by atoms with Crippen LogP contribution in [0.3, 0.4) is 0 Å². The highest BCUT2D eigenvalue weighted by Crippen LogP contribution is 2.32. The first-order valence-corrected chi connectivity index (χ1v) is 12.5. The smallest absolute Gasteiger partial charge is 0.0206 e. The third kappa shape index (κ3) is 9.87. The number of rotatable bonds is 8. The van der Waals surface area contributed by atoms with Crippen LogP contribution in [0, 0.1) is 47.4 Å². The minimum Gasteiger partial charge on any atom is -0.0951 e. The molecule has 0 radical (unpaired) electrons.